The van der Waals surface area contributed by atoms with Gasteiger partial charge in [0.15, 0.2) is 0 Å². The fourth-order valence-electron chi connectivity index (χ4n) is 0.948. The van der Waals surface area contributed by atoms with Crippen LogP contribution in [0.4, 0.5) is 4.79 Å². The molecule has 16 heavy (non-hydrogen) atoms. The maximum absolute atomic E-state index is 11.0. The number of carbonyl (C=O) groups is 1. The highest BCUT2D eigenvalue weighted by Crippen LogP contribution is 2.15. The van der Waals surface area contributed by atoms with Gasteiger partial charge in [0.2, 0.25) is 0 Å². The van der Waals surface area contributed by atoms with Crippen molar-refractivity contribution < 1.29 is 14.3 Å². The Balaban J connectivity index is 2.21. The van der Waals surface area contributed by atoms with Crippen LogP contribution in [0.25, 0.3) is 0 Å². The van der Waals surface area contributed by atoms with Gasteiger partial charge in [0.25, 0.3) is 0 Å². The molecule has 1 aromatic carbocycles. The van der Waals surface area contributed by atoms with Gasteiger partial charge in [-0.2, -0.15) is 0 Å². The molecule has 0 saturated carbocycles. The van der Waals surface area contributed by atoms with E-state index in [1.165, 1.54) is 4.90 Å². The number of rotatable bonds is 4. The molecule has 88 valence electrons. The molecule has 0 N–H and O–H groups in total. The minimum atomic E-state index is -0.375. The Hall–Kier alpha value is -1.42. The lowest BCUT2D eigenvalue weighted by Crippen LogP contribution is -2.24. The summed E-state index contributed by atoms with van der Waals surface area (Å²) in [5.41, 5.74) is 0. The van der Waals surface area contributed by atoms with Crippen molar-refractivity contribution in [3.05, 3.63) is 29.3 Å². The first-order valence-corrected chi connectivity index (χ1v) is 5.20. The lowest BCUT2D eigenvalue weighted by molar-refractivity contribution is 0.102. The Labute approximate surface area is 99.7 Å². The van der Waals surface area contributed by atoms with Gasteiger partial charge >= 0.3 is 6.09 Å². The summed E-state index contributed by atoms with van der Waals surface area (Å²) < 4.78 is 10.2. The third-order valence-corrected chi connectivity index (χ3v) is 2.01. The molecule has 0 aliphatic carbocycles. The van der Waals surface area contributed by atoms with Crippen molar-refractivity contribution in [1.82, 2.24) is 4.90 Å². The summed E-state index contributed by atoms with van der Waals surface area (Å²) in [6.07, 6.45) is -0.375. The zero-order valence-electron chi connectivity index (χ0n) is 9.27. The predicted molar refractivity (Wildman–Crippen MR) is 62.0 cm³/mol. The van der Waals surface area contributed by atoms with Crippen LogP contribution >= 0.6 is 11.6 Å². The van der Waals surface area contributed by atoms with Gasteiger partial charge in [-0.1, -0.05) is 11.6 Å². The molecule has 5 heteroatoms. The van der Waals surface area contributed by atoms with E-state index in [1.807, 2.05) is 0 Å². The van der Waals surface area contributed by atoms with Crippen LogP contribution in [0.15, 0.2) is 24.3 Å². The molecule has 0 fully saturated rings. The van der Waals surface area contributed by atoms with Crippen LogP contribution in [0.5, 0.6) is 5.75 Å². The molecule has 0 spiro atoms. The summed E-state index contributed by atoms with van der Waals surface area (Å²) in [7, 11) is 3.25. The number of amides is 1. The third kappa shape index (κ3) is 4.40. The maximum atomic E-state index is 11.0. The van der Waals surface area contributed by atoms with Crippen molar-refractivity contribution in [2.75, 3.05) is 27.3 Å². The number of hydrogen-bond donors (Lipinski definition) is 0. The van der Waals surface area contributed by atoms with E-state index in [9.17, 15) is 4.79 Å². The molecule has 1 aromatic rings. The van der Waals surface area contributed by atoms with Gasteiger partial charge in [-0.15, -0.1) is 0 Å². The zero-order valence-corrected chi connectivity index (χ0v) is 10.0. The lowest BCUT2D eigenvalue weighted by Gasteiger charge is -2.11. The average Bonchev–Trinajstić information content (AvgIpc) is 2.26. The van der Waals surface area contributed by atoms with Crippen LogP contribution < -0.4 is 4.74 Å². The molecule has 0 radical (unpaired) electrons. The summed E-state index contributed by atoms with van der Waals surface area (Å²) in [5, 5.41) is 0.659. The van der Waals surface area contributed by atoms with Crippen LogP contribution in [-0.2, 0) is 4.74 Å². The first kappa shape index (κ1) is 12.6. The molecule has 0 aliphatic rings. The topological polar surface area (TPSA) is 38.8 Å². The molecule has 0 aromatic heterocycles. The van der Waals surface area contributed by atoms with E-state index in [-0.39, 0.29) is 12.7 Å². The van der Waals surface area contributed by atoms with Gasteiger partial charge < -0.3 is 14.4 Å². The number of hydrogen-bond acceptors (Lipinski definition) is 3. The number of nitrogens with zero attached hydrogens (tertiary/aromatic N) is 1. The summed E-state index contributed by atoms with van der Waals surface area (Å²) in [6, 6.07) is 7.00. The number of carbonyl (C=O) groups excluding carboxylic acids is 1. The average molecular weight is 244 g/mol. The van der Waals surface area contributed by atoms with E-state index < -0.39 is 0 Å². The molecule has 1 rings (SSSR count). The Kier molecular flexibility index (Phi) is 4.92. The van der Waals surface area contributed by atoms with Crippen LogP contribution in [0.1, 0.15) is 0 Å². The van der Waals surface area contributed by atoms with Gasteiger partial charge in [-0.3, -0.25) is 0 Å². The Morgan fingerprint density at radius 2 is 1.88 bits per heavy atom. The van der Waals surface area contributed by atoms with Crippen molar-refractivity contribution in [1.29, 1.82) is 0 Å². The lowest BCUT2D eigenvalue weighted by atomic mass is 10.3. The molecule has 1 amide bonds. The molecular weight excluding hydrogens is 230 g/mol. The van der Waals surface area contributed by atoms with Crippen molar-refractivity contribution in [3.8, 4) is 5.75 Å². The Morgan fingerprint density at radius 3 is 2.44 bits per heavy atom. The number of benzene rings is 1. The van der Waals surface area contributed by atoms with Crippen molar-refractivity contribution >= 4 is 17.7 Å². The Morgan fingerprint density at radius 1 is 1.25 bits per heavy atom. The summed E-state index contributed by atoms with van der Waals surface area (Å²) >= 11 is 5.72. The first-order valence-electron chi connectivity index (χ1n) is 4.82. The van der Waals surface area contributed by atoms with E-state index in [0.29, 0.717) is 17.4 Å². The summed E-state index contributed by atoms with van der Waals surface area (Å²) in [5.74, 6) is 0.699. The van der Waals surface area contributed by atoms with Gasteiger partial charge in [-0.05, 0) is 24.3 Å². The van der Waals surface area contributed by atoms with Crippen LogP contribution in [0.2, 0.25) is 5.02 Å². The number of halogens is 1. The van der Waals surface area contributed by atoms with E-state index in [1.54, 1.807) is 38.4 Å². The normalized spacial score (nSPS) is 9.69. The SMILES string of the molecule is CN(C)C(=O)OCCOc1ccc(Cl)cc1. The fraction of sp³-hybridized carbons (Fsp3) is 0.364. The standard InChI is InChI=1S/C11H14ClNO3/c1-13(2)11(14)16-8-7-15-10-5-3-9(12)4-6-10/h3-6H,7-8H2,1-2H3. The number of ether oxygens (including phenoxy) is 2. The molecule has 0 saturated heterocycles. The second kappa shape index (κ2) is 6.23. The van der Waals surface area contributed by atoms with Crippen LogP contribution in [-0.4, -0.2) is 38.3 Å². The van der Waals surface area contributed by atoms with Gasteiger partial charge in [0.05, 0.1) is 0 Å². The predicted octanol–water partition coefficient (Wildman–Crippen LogP) is 2.42. The Bertz CT molecular complexity index is 338. The van der Waals surface area contributed by atoms with Gasteiger partial charge in [-0.25, -0.2) is 4.79 Å². The van der Waals surface area contributed by atoms with Crippen molar-refractivity contribution in [2.24, 2.45) is 0 Å². The summed E-state index contributed by atoms with van der Waals surface area (Å²) in [4.78, 5) is 12.4. The highest BCUT2D eigenvalue weighted by Gasteiger charge is 2.03. The van der Waals surface area contributed by atoms with Gasteiger partial charge in [0, 0.05) is 19.1 Å². The first-order chi connectivity index (χ1) is 7.59. The zero-order chi connectivity index (χ0) is 12.0. The smallest absolute Gasteiger partial charge is 0.409 e. The molecule has 4 nitrogen and oxygen atoms in total. The van der Waals surface area contributed by atoms with Crippen LogP contribution in [0, 0.1) is 0 Å². The minimum Gasteiger partial charge on any atom is -0.490 e. The second-order valence-corrected chi connectivity index (χ2v) is 3.75. The van der Waals surface area contributed by atoms with E-state index >= 15 is 0 Å². The van der Waals surface area contributed by atoms with Crippen molar-refractivity contribution in [3.63, 3.8) is 0 Å². The molecular formula is C11H14ClNO3. The summed E-state index contributed by atoms with van der Waals surface area (Å²) in [6.45, 7) is 0.543. The molecule has 0 aliphatic heterocycles. The molecule has 0 bridgehead atoms. The maximum Gasteiger partial charge on any atom is 0.409 e. The molecule has 0 heterocycles. The molecule has 0 unspecified atom stereocenters. The van der Waals surface area contributed by atoms with E-state index in [0.717, 1.165) is 0 Å². The minimum absolute atomic E-state index is 0.222. The van der Waals surface area contributed by atoms with Gasteiger partial charge in [0.1, 0.15) is 19.0 Å². The second-order valence-electron chi connectivity index (χ2n) is 3.31. The quantitative estimate of drug-likeness (QED) is 0.763. The van der Waals surface area contributed by atoms with E-state index in [2.05, 4.69) is 0 Å². The monoisotopic (exact) mass is 243 g/mol. The van der Waals surface area contributed by atoms with E-state index in [4.69, 9.17) is 21.1 Å². The molecule has 0 atom stereocenters. The highest BCUT2D eigenvalue weighted by atomic mass is 35.5. The third-order valence-electron chi connectivity index (χ3n) is 1.76. The van der Waals surface area contributed by atoms with Crippen molar-refractivity contribution in [2.45, 2.75) is 0 Å². The fourth-order valence-corrected chi connectivity index (χ4v) is 1.07. The largest absolute Gasteiger partial charge is 0.490 e. The van der Waals surface area contributed by atoms with Crippen LogP contribution in [0.3, 0.4) is 0 Å². The highest BCUT2D eigenvalue weighted by molar-refractivity contribution is 6.30.